The lowest BCUT2D eigenvalue weighted by atomic mass is 10.2. The van der Waals surface area contributed by atoms with Crippen LogP contribution in [0.15, 0.2) is 42.6 Å². The molecule has 1 N–H and O–H groups in total. The number of carbonyl (C=O) groups excluding carboxylic acids is 1. The normalized spacial score (nSPS) is 15.1. The van der Waals surface area contributed by atoms with Crippen LogP contribution in [0.1, 0.15) is 20.8 Å². The van der Waals surface area contributed by atoms with Crippen molar-refractivity contribution < 1.29 is 9.22 Å². The average Bonchev–Trinajstić information content (AvgIpc) is 2.68. The zero-order valence-electron chi connectivity index (χ0n) is 18.4. The molecule has 2 heterocycles. The summed E-state index contributed by atoms with van der Waals surface area (Å²) in [5.74, 6) is 1.27. The molecule has 1 aromatic carbocycles. The summed E-state index contributed by atoms with van der Waals surface area (Å²) in [5.41, 5.74) is 1.08. The van der Waals surface area contributed by atoms with Gasteiger partial charge in [-0.15, -0.1) is 0 Å². The monoisotopic (exact) mass is 446 g/mol. The molecule has 1 saturated heterocycles. The van der Waals surface area contributed by atoms with Crippen LogP contribution in [0, 0.1) is 0 Å². The van der Waals surface area contributed by atoms with Gasteiger partial charge in [0.05, 0.1) is 6.20 Å². The van der Waals surface area contributed by atoms with Gasteiger partial charge in [-0.3, -0.25) is 5.32 Å². The molecule has 0 saturated carbocycles. The molecule has 8 heteroatoms. The van der Waals surface area contributed by atoms with Gasteiger partial charge in [-0.2, -0.15) is 0 Å². The second-order valence-corrected chi connectivity index (χ2v) is 14.3. The Morgan fingerprint density at radius 1 is 1.13 bits per heavy atom. The molecule has 0 unspecified atom stereocenters. The number of piperazine rings is 1. The van der Waals surface area contributed by atoms with Gasteiger partial charge in [-0.1, -0.05) is 38.4 Å². The Balaban J connectivity index is 1.53. The lowest BCUT2D eigenvalue weighted by Crippen LogP contribution is -2.50. The number of aromatic nitrogens is 1. The second-order valence-electron chi connectivity index (χ2n) is 9.13. The number of nitrogens with one attached hydrogen (secondary N) is 1. The van der Waals surface area contributed by atoms with E-state index in [1.54, 1.807) is 12.3 Å². The summed E-state index contributed by atoms with van der Waals surface area (Å²) in [6, 6.07) is 11.3. The molecular formula is C22H31ClN4O2Si. The van der Waals surface area contributed by atoms with Gasteiger partial charge >= 0.3 is 6.03 Å². The Morgan fingerprint density at radius 3 is 2.40 bits per heavy atom. The summed E-state index contributed by atoms with van der Waals surface area (Å²) in [7, 11) is -1.91. The van der Waals surface area contributed by atoms with Crippen LogP contribution >= 0.6 is 11.6 Å². The van der Waals surface area contributed by atoms with Crippen LogP contribution in [0.5, 0.6) is 5.75 Å². The molecule has 0 spiro atoms. The summed E-state index contributed by atoms with van der Waals surface area (Å²) in [6.07, 6.45) is 1.69. The fourth-order valence-electron chi connectivity index (χ4n) is 2.99. The largest absolute Gasteiger partial charge is 0.542 e. The molecule has 2 amide bonds. The van der Waals surface area contributed by atoms with Gasteiger partial charge in [0.2, 0.25) is 0 Å². The lowest BCUT2D eigenvalue weighted by Gasteiger charge is -2.36. The highest BCUT2D eigenvalue weighted by molar-refractivity contribution is 6.74. The molecule has 0 bridgehead atoms. The van der Waals surface area contributed by atoms with Crippen molar-refractivity contribution in [3.63, 3.8) is 0 Å². The Hall–Kier alpha value is -2.25. The highest BCUT2D eigenvalue weighted by atomic mass is 35.5. The van der Waals surface area contributed by atoms with Crippen molar-refractivity contribution >= 4 is 37.5 Å². The smallest absolute Gasteiger partial charge is 0.323 e. The van der Waals surface area contributed by atoms with Crippen molar-refractivity contribution in [1.29, 1.82) is 0 Å². The molecule has 1 aliphatic rings. The molecule has 30 heavy (non-hydrogen) atoms. The maximum Gasteiger partial charge on any atom is 0.323 e. The first kappa shape index (κ1) is 22.4. The van der Waals surface area contributed by atoms with Crippen molar-refractivity contribution in [3.8, 4) is 5.75 Å². The summed E-state index contributed by atoms with van der Waals surface area (Å²) in [4.78, 5) is 21.0. The summed E-state index contributed by atoms with van der Waals surface area (Å²) in [5, 5.41) is 3.73. The quantitative estimate of drug-likeness (QED) is 0.632. The van der Waals surface area contributed by atoms with Crippen molar-refractivity contribution in [2.24, 2.45) is 0 Å². The molecule has 0 atom stereocenters. The Labute approximate surface area is 185 Å². The summed E-state index contributed by atoms with van der Waals surface area (Å²) < 4.78 is 6.24. The summed E-state index contributed by atoms with van der Waals surface area (Å²) in [6.45, 7) is 13.8. The Kier molecular flexibility index (Phi) is 6.62. The number of anilines is 2. The van der Waals surface area contributed by atoms with Gasteiger partial charge in [0.15, 0.2) is 0 Å². The zero-order chi connectivity index (χ0) is 21.9. The van der Waals surface area contributed by atoms with Gasteiger partial charge < -0.3 is 14.2 Å². The number of rotatable bonds is 4. The van der Waals surface area contributed by atoms with Crippen molar-refractivity contribution in [2.45, 2.75) is 38.9 Å². The maximum absolute atomic E-state index is 12.6. The van der Waals surface area contributed by atoms with Crippen LogP contribution < -0.4 is 14.6 Å². The number of nitrogens with zero attached hydrogens (tertiary/aromatic N) is 3. The molecule has 1 aromatic heterocycles. The molecule has 2 aromatic rings. The van der Waals surface area contributed by atoms with E-state index in [1.807, 2.05) is 35.2 Å². The van der Waals surface area contributed by atoms with Gasteiger partial charge in [0, 0.05) is 36.9 Å². The topological polar surface area (TPSA) is 57.7 Å². The second kappa shape index (κ2) is 8.86. The van der Waals surface area contributed by atoms with Crippen LogP contribution in [-0.2, 0) is 0 Å². The number of amides is 2. The third-order valence-electron chi connectivity index (χ3n) is 5.89. The molecular weight excluding hydrogens is 416 g/mol. The number of benzene rings is 1. The Bertz CT molecular complexity index is 875. The van der Waals surface area contributed by atoms with Gasteiger partial charge in [-0.25, -0.2) is 9.78 Å². The van der Waals surface area contributed by atoms with Crippen LogP contribution in [0.3, 0.4) is 0 Å². The minimum Gasteiger partial charge on any atom is -0.542 e. The van der Waals surface area contributed by atoms with E-state index in [0.717, 1.165) is 29.5 Å². The first-order valence-corrected chi connectivity index (χ1v) is 13.6. The third kappa shape index (κ3) is 5.46. The number of pyridine rings is 1. The minimum atomic E-state index is -1.91. The number of hydrogen-bond acceptors (Lipinski definition) is 4. The first-order chi connectivity index (χ1) is 14.0. The zero-order valence-corrected chi connectivity index (χ0v) is 20.2. The van der Waals surface area contributed by atoms with E-state index >= 15 is 0 Å². The van der Waals surface area contributed by atoms with Crippen LogP contribution in [0.25, 0.3) is 0 Å². The number of urea groups is 1. The number of hydrogen-bond donors (Lipinski definition) is 1. The van der Waals surface area contributed by atoms with Gasteiger partial charge in [-0.05, 0) is 48.5 Å². The predicted octanol–water partition coefficient (Wildman–Crippen LogP) is 5.47. The highest BCUT2D eigenvalue weighted by Gasteiger charge is 2.39. The fourth-order valence-corrected chi connectivity index (χ4v) is 4.19. The van der Waals surface area contributed by atoms with E-state index in [-0.39, 0.29) is 11.1 Å². The number of halogens is 1. The Morgan fingerprint density at radius 2 is 1.83 bits per heavy atom. The van der Waals surface area contributed by atoms with Crippen molar-refractivity contribution in [1.82, 2.24) is 9.88 Å². The molecule has 3 rings (SSSR count). The average molecular weight is 447 g/mol. The molecule has 1 fully saturated rings. The molecule has 0 radical (unpaired) electrons. The predicted molar refractivity (Wildman–Crippen MR) is 126 cm³/mol. The van der Waals surface area contributed by atoms with E-state index in [0.29, 0.717) is 18.9 Å². The van der Waals surface area contributed by atoms with Gasteiger partial charge in [0.25, 0.3) is 8.32 Å². The molecule has 0 aliphatic carbocycles. The lowest BCUT2D eigenvalue weighted by molar-refractivity contribution is 0.208. The van der Waals surface area contributed by atoms with E-state index < -0.39 is 8.32 Å². The SMILES string of the molecule is CC(C)(C)[Si](C)(C)Oc1ccc(NC(=O)N2CCN(c3cccc(Cl)c3)CC2)nc1. The molecule has 162 valence electrons. The van der Waals surface area contributed by atoms with Gasteiger partial charge in [0.1, 0.15) is 11.6 Å². The fraction of sp³-hybridized carbons (Fsp3) is 0.455. The summed E-state index contributed by atoms with van der Waals surface area (Å²) >= 11 is 6.09. The van der Waals surface area contributed by atoms with E-state index in [2.05, 4.69) is 49.1 Å². The molecule has 6 nitrogen and oxygen atoms in total. The first-order valence-electron chi connectivity index (χ1n) is 10.3. The van der Waals surface area contributed by atoms with E-state index in [1.165, 1.54) is 0 Å². The van der Waals surface area contributed by atoms with Crippen LogP contribution in [0.4, 0.5) is 16.3 Å². The third-order valence-corrected chi connectivity index (χ3v) is 10.5. The standard InChI is InChI=1S/C22H31ClN4O2Si/c1-22(2,3)30(4,5)29-19-9-10-20(24-16-19)25-21(28)27-13-11-26(12-14-27)18-8-6-7-17(23)15-18/h6-10,15-16H,11-14H2,1-5H3,(H,24,25,28). The van der Waals surface area contributed by atoms with E-state index in [4.69, 9.17) is 16.0 Å². The minimum absolute atomic E-state index is 0.118. The number of carbonyl (C=O) groups is 1. The van der Waals surface area contributed by atoms with Crippen molar-refractivity contribution in [3.05, 3.63) is 47.6 Å². The van der Waals surface area contributed by atoms with Crippen molar-refractivity contribution in [2.75, 3.05) is 36.4 Å². The highest BCUT2D eigenvalue weighted by Crippen LogP contribution is 2.37. The van der Waals surface area contributed by atoms with Crippen LogP contribution in [-0.4, -0.2) is 50.4 Å². The van der Waals surface area contributed by atoms with Crippen LogP contribution in [0.2, 0.25) is 23.2 Å². The maximum atomic E-state index is 12.6. The molecule has 1 aliphatic heterocycles. The van der Waals surface area contributed by atoms with E-state index in [9.17, 15) is 4.79 Å².